The van der Waals surface area contributed by atoms with E-state index in [-0.39, 0.29) is 23.1 Å². The number of hydrogen-bond donors (Lipinski definition) is 1. The molecule has 2 aromatic rings. The van der Waals surface area contributed by atoms with E-state index in [1.807, 2.05) is 32.9 Å². The number of amides is 2. The van der Waals surface area contributed by atoms with Crippen molar-refractivity contribution in [2.24, 2.45) is 0 Å². The fraction of sp³-hybridized carbons (Fsp3) is 0.417. The minimum atomic E-state index is -3.57. The third-order valence-electron chi connectivity index (χ3n) is 6.31. The van der Waals surface area contributed by atoms with Gasteiger partial charge in [-0.3, -0.25) is 14.5 Å². The highest BCUT2D eigenvalue weighted by Crippen LogP contribution is 2.36. The van der Waals surface area contributed by atoms with Gasteiger partial charge in [-0.2, -0.15) is 4.31 Å². The van der Waals surface area contributed by atoms with Gasteiger partial charge in [-0.05, 0) is 68.5 Å². The molecule has 7 nitrogen and oxygen atoms in total. The minimum absolute atomic E-state index is 0.216. The van der Waals surface area contributed by atoms with Gasteiger partial charge in [0.1, 0.15) is 6.04 Å². The summed E-state index contributed by atoms with van der Waals surface area (Å²) in [5, 5.41) is 3.00. The van der Waals surface area contributed by atoms with Crippen LogP contribution in [0.4, 0.5) is 11.4 Å². The highest BCUT2D eigenvalue weighted by molar-refractivity contribution is 7.89. The highest BCUT2D eigenvalue weighted by Gasteiger charge is 2.38. The first kappa shape index (κ1) is 22.5. The number of benzene rings is 2. The van der Waals surface area contributed by atoms with Crippen LogP contribution in [0.15, 0.2) is 35.2 Å². The lowest BCUT2D eigenvalue weighted by molar-refractivity contribution is -0.122. The number of carbonyl (C=O) groups is 2. The monoisotopic (exact) mass is 455 g/mol. The van der Waals surface area contributed by atoms with Crippen LogP contribution in [0.3, 0.4) is 0 Å². The molecule has 2 amide bonds. The van der Waals surface area contributed by atoms with Crippen molar-refractivity contribution < 1.29 is 18.0 Å². The second-order valence-corrected chi connectivity index (χ2v) is 10.7. The summed E-state index contributed by atoms with van der Waals surface area (Å²) in [4.78, 5) is 27.4. The first-order valence-corrected chi connectivity index (χ1v) is 12.3. The predicted molar refractivity (Wildman–Crippen MR) is 124 cm³/mol. The largest absolute Gasteiger partial charge is 0.324 e. The van der Waals surface area contributed by atoms with Gasteiger partial charge in [0.15, 0.2) is 0 Å². The molecular formula is C24H29N3O4S. The second kappa shape index (κ2) is 8.33. The molecule has 4 rings (SSSR count). The molecular weight excluding hydrogens is 426 g/mol. The first-order valence-electron chi connectivity index (χ1n) is 10.9. The van der Waals surface area contributed by atoms with E-state index in [9.17, 15) is 18.0 Å². The fourth-order valence-corrected chi connectivity index (χ4v) is 6.42. The zero-order valence-electron chi connectivity index (χ0n) is 18.9. The summed E-state index contributed by atoms with van der Waals surface area (Å²) >= 11 is 0. The van der Waals surface area contributed by atoms with Gasteiger partial charge in [0.25, 0.3) is 0 Å². The molecule has 0 aromatic heterocycles. The number of nitrogens with one attached hydrogen (secondary N) is 1. The summed E-state index contributed by atoms with van der Waals surface area (Å²) in [7, 11) is -3.57. The molecule has 1 fully saturated rings. The molecule has 0 radical (unpaired) electrons. The third kappa shape index (κ3) is 3.93. The minimum Gasteiger partial charge on any atom is -0.324 e. The second-order valence-electron chi connectivity index (χ2n) is 8.77. The summed E-state index contributed by atoms with van der Waals surface area (Å²) in [6.45, 7) is 8.37. The smallest absolute Gasteiger partial charge is 0.247 e. The first-order chi connectivity index (χ1) is 15.1. The SMILES string of the molecule is CC(=O)N1c2ccc(S(=O)(=O)N3CCCC3)cc2C[C@H]1C(=O)Nc1c(C)cc(C)cc1C. The summed E-state index contributed by atoms with van der Waals surface area (Å²) in [6, 6.07) is 8.09. The van der Waals surface area contributed by atoms with Gasteiger partial charge in [-0.1, -0.05) is 17.7 Å². The summed E-state index contributed by atoms with van der Waals surface area (Å²) in [6.07, 6.45) is 2.00. The Bertz CT molecular complexity index is 1180. The van der Waals surface area contributed by atoms with Crippen molar-refractivity contribution >= 4 is 33.2 Å². The molecule has 170 valence electrons. The van der Waals surface area contributed by atoms with Crippen LogP contribution in [0.5, 0.6) is 0 Å². The van der Waals surface area contributed by atoms with Crippen LogP contribution < -0.4 is 10.2 Å². The van der Waals surface area contributed by atoms with Gasteiger partial charge in [0.05, 0.1) is 4.90 Å². The molecule has 2 heterocycles. The van der Waals surface area contributed by atoms with Crippen molar-refractivity contribution in [2.45, 2.75) is 57.9 Å². The molecule has 2 aliphatic rings. The van der Waals surface area contributed by atoms with E-state index in [0.717, 1.165) is 35.2 Å². The Kier molecular flexibility index (Phi) is 5.85. The number of hydrogen-bond acceptors (Lipinski definition) is 4. The number of sulfonamides is 1. The Morgan fingerprint density at radius 2 is 1.62 bits per heavy atom. The van der Waals surface area contributed by atoms with E-state index in [1.165, 1.54) is 22.2 Å². The van der Waals surface area contributed by atoms with Crippen molar-refractivity contribution in [1.29, 1.82) is 0 Å². The Labute approximate surface area is 189 Å². The molecule has 0 spiro atoms. The molecule has 2 aromatic carbocycles. The molecule has 1 N–H and O–H groups in total. The molecule has 32 heavy (non-hydrogen) atoms. The molecule has 8 heteroatoms. The summed E-state index contributed by atoms with van der Waals surface area (Å²) in [5.74, 6) is -0.535. The fourth-order valence-electron chi connectivity index (χ4n) is 4.85. The standard InChI is InChI=1S/C24H29N3O4S/c1-15-11-16(2)23(17(3)12-15)25-24(29)22-14-19-13-20(7-8-21(19)27(22)18(4)28)32(30,31)26-9-5-6-10-26/h7-8,11-13,22H,5-6,9-10,14H2,1-4H3,(H,25,29)/t22-/m0/s1. The topological polar surface area (TPSA) is 86.8 Å². The van der Waals surface area contributed by atoms with Gasteiger partial charge in [0.2, 0.25) is 21.8 Å². The van der Waals surface area contributed by atoms with Crippen molar-refractivity contribution in [3.8, 4) is 0 Å². The van der Waals surface area contributed by atoms with Crippen LogP contribution >= 0.6 is 0 Å². The van der Waals surface area contributed by atoms with Crippen LogP contribution in [0.25, 0.3) is 0 Å². The molecule has 1 saturated heterocycles. The van der Waals surface area contributed by atoms with E-state index in [4.69, 9.17) is 0 Å². The maximum Gasteiger partial charge on any atom is 0.247 e. The van der Waals surface area contributed by atoms with E-state index >= 15 is 0 Å². The maximum atomic E-state index is 13.2. The number of nitrogens with zero attached hydrogens (tertiary/aromatic N) is 2. The summed E-state index contributed by atoms with van der Waals surface area (Å²) in [5.41, 5.74) is 5.06. The lowest BCUT2D eigenvalue weighted by Crippen LogP contribution is -2.44. The van der Waals surface area contributed by atoms with Crippen molar-refractivity contribution in [1.82, 2.24) is 4.31 Å². The molecule has 0 aliphatic carbocycles. The number of anilines is 2. The average molecular weight is 456 g/mol. The number of rotatable bonds is 4. The molecule has 0 unspecified atom stereocenters. The normalized spacial score (nSPS) is 18.6. The van der Waals surface area contributed by atoms with E-state index < -0.39 is 16.1 Å². The van der Waals surface area contributed by atoms with Gasteiger partial charge in [0, 0.05) is 37.8 Å². The average Bonchev–Trinajstić information content (AvgIpc) is 3.38. The maximum absolute atomic E-state index is 13.2. The van der Waals surface area contributed by atoms with E-state index in [2.05, 4.69) is 5.32 Å². The van der Waals surface area contributed by atoms with Gasteiger partial charge in [-0.25, -0.2) is 8.42 Å². The molecule has 0 bridgehead atoms. The quantitative estimate of drug-likeness (QED) is 0.766. The Morgan fingerprint density at radius 3 is 2.22 bits per heavy atom. The van der Waals surface area contributed by atoms with Crippen LogP contribution in [0.1, 0.15) is 42.0 Å². The van der Waals surface area contributed by atoms with Crippen molar-refractivity contribution in [2.75, 3.05) is 23.3 Å². The molecule has 0 saturated carbocycles. The lowest BCUT2D eigenvalue weighted by Gasteiger charge is -2.24. The zero-order valence-corrected chi connectivity index (χ0v) is 19.8. The van der Waals surface area contributed by atoms with Crippen LogP contribution in [0.2, 0.25) is 0 Å². The van der Waals surface area contributed by atoms with Gasteiger partial charge >= 0.3 is 0 Å². The van der Waals surface area contributed by atoms with E-state index in [0.29, 0.717) is 24.3 Å². The molecule has 2 aliphatic heterocycles. The Balaban J connectivity index is 1.64. The predicted octanol–water partition coefficient (Wildman–Crippen LogP) is 3.31. The zero-order chi connectivity index (χ0) is 23.2. The number of fused-ring (bicyclic) bond motifs is 1. The Hall–Kier alpha value is -2.71. The Morgan fingerprint density at radius 1 is 1.00 bits per heavy atom. The van der Waals surface area contributed by atoms with Crippen LogP contribution in [-0.2, 0) is 26.0 Å². The third-order valence-corrected chi connectivity index (χ3v) is 8.20. The van der Waals surface area contributed by atoms with Crippen molar-refractivity contribution in [3.05, 3.63) is 52.6 Å². The van der Waals surface area contributed by atoms with Crippen molar-refractivity contribution in [3.63, 3.8) is 0 Å². The highest BCUT2D eigenvalue weighted by atomic mass is 32.2. The van der Waals surface area contributed by atoms with Crippen LogP contribution in [0, 0.1) is 20.8 Å². The summed E-state index contributed by atoms with van der Waals surface area (Å²) < 4.78 is 27.4. The van der Waals surface area contributed by atoms with Gasteiger partial charge < -0.3 is 5.32 Å². The van der Waals surface area contributed by atoms with Crippen LogP contribution in [-0.4, -0.2) is 43.7 Å². The number of aryl methyl sites for hydroxylation is 3. The number of carbonyl (C=O) groups excluding carboxylic acids is 2. The molecule has 1 atom stereocenters. The van der Waals surface area contributed by atoms with E-state index in [1.54, 1.807) is 12.1 Å². The lowest BCUT2D eigenvalue weighted by atomic mass is 10.0. The van der Waals surface area contributed by atoms with Gasteiger partial charge in [-0.15, -0.1) is 0 Å².